The van der Waals surface area contributed by atoms with Crippen LogP contribution in [0, 0.1) is 5.92 Å². The fraction of sp³-hybridized carbons (Fsp3) is 0.478. The lowest BCUT2D eigenvalue weighted by molar-refractivity contribution is -0.137. The zero-order valence-electron chi connectivity index (χ0n) is 16.6. The van der Waals surface area contributed by atoms with Gasteiger partial charge in [-0.2, -0.15) is 11.8 Å². The lowest BCUT2D eigenvalue weighted by Gasteiger charge is -2.33. The molecule has 5 heteroatoms. The maximum Gasteiger partial charge on any atom is 0.343 e. The van der Waals surface area contributed by atoms with Gasteiger partial charge in [-0.15, -0.1) is 0 Å². The third kappa shape index (κ3) is 3.20. The highest BCUT2D eigenvalue weighted by Crippen LogP contribution is 2.52. The van der Waals surface area contributed by atoms with E-state index in [9.17, 15) is 9.59 Å². The Morgan fingerprint density at radius 1 is 1.21 bits per heavy atom. The highest BCUT2D eigenvalue weighted by molar-refractivity contribution is 8.01. The number of carbonyl (C=O) groups is 2. The number of para-hydroxylation sites is 1. The second-order valence-corrected chi connectivity index (χ2v) is 9.33. The number of rotatable bonds is 4. The van der Waals surface area contributed by atoms with Gasteiger partial charge in [-0.1, -0.05) is 31.0 Å². The van der Waals surface area contributed by atoms with E-state index in [0.29, 0.717) is 17.3 Å². The highest BCUT2D eigenvalue weighted by atomic mass is 32.2. The number of carbonyl (C=O) groups excluding carboxylic acids is 2. The van der Waals surface area contributed by atoms with E-state index in [4.69, 9.17) is 4.74 Å². The molecule has 4 rings (SSSR count). The molecule has 1 saturated heterocycles. The number of ketones is 1. The molecule has 0 bridgehead atoms. The number of allylic oxidation sites excluding steroid dienone is 2. The minimum atomic E-state index is -0.555. The smallest absolute Gasteiger partial charge is 0.343 e. The summed E-state index contributed by atoms with van der Waals surface area (Å²) in [6, 6.07) is 9.83. The van der Waals surface area contributed by atoms with Crippen LogP contribution in [-0.4, -0.2) is 29.4 Å². The molecule has 1 aromatic rings. The van der Waals surface area contributed by atoms with Crippen molar-refractivity contribution in [1.82, 2.24) is 0 Å². The third-order valence-electron chi connectivity index (χ3n) is 6.31. The SMILES string of the molecule is COC(=O)C1=C(C)N(c2ccccc2)/C(=C/C2(C3CCCC3)CCCS2)C1=O. The Bertz CT molecular complexity index is 831. The number of hydrogen-bond acceptors (Lipinski definition) is 5. The summed E-state index contributed by atoms with van der Waals surface area (Å²) in [7, 11) is 1.33. The monoisotopic (exact) mass is 397 g/mol. The zero-order valence-corrected chi connectivity index (χ0v) is 17.4. The summed E-state index contributed by atoms with van der Waals surface area (Å²) in [6.45, 7) is 1.84. The van der Waals surface area contributed by atoms with Crippen LogP contribution < -0.4 is 4.90 Å². The molecule has 2 heterocycles. The van der Waals surface area contributed by atoms with Crippen molar-refractivity contribution in [3.63, 3.8) is 0 Å². The Hall–Kier alpha value is -2.01. The van der Waals surface area contributed by atoms with Gasteiger partial charge in [0.15, 0.2) is 0 Å². The van der Waals surface area contributed by atoms with Crippen molar-refractivity contribution in [3.8, 4) is 0 Å². The number of Topliss-reactive ketones (excluding diaryl/α,β-unsaturated/α-hetero) is 1. The van der Waals surface area contributed by atoms with Crippen molar-refractivity contribution >= 4 is 29.2 Å². The molecule has 1 aromatic carbocycles. The molecule has 0 spiro atoms. The number of esters is 1. The van der Waals surface area contributed by atoms with Crippen molar-refractivity contribution < 1.29 is 14.3 Å². The lowest BCUT2D eigenvalue weighted by atomic mass is 9.85. The van der Waals surface area contributed by atoms with Gasteiger partial charge in [0, 0.05) is 16.1 Å². The molecule has 28 heavy (non-hydrogen) atoms. The van der Waals surface area contributed by atoms with Crippen LogP contribution in [0.2, 0.25) is 0 Å². The lowest BCUT2D eigenvalue weighted by Crippen LogP contribution is -2.31. The Labute approximate surface area is 171 Å². The van der Waals surface area contributed by atoms with E-state index >= 15 is 0 Å². The van der Waals surface area contributed by atoms with E-state index in [1.807, 2.05) is 53.9 Å². The highest BCUT2D eigenvalue weighted by Gasteiger charge is 2.45. The van der Waals surface area contributed by atoms with Crippen molar-refractivity contribution in [1.29, 1.82) is 0 Å². The van der Waals surface area contributed by atoms with Crippen LogP contribution in [-0.2, 0) is 14.3 Å². The minimum Gasteiger partial charge on any atom is -0.465 e. The summed E-state index contributed by atoms with van der Waals surface area (Å²) in [5.74, 6) is 0.982. The number of hydrogen-bond donors (Lipinski definition) is 0. The molecule has 148 valence electrons. The van der Waals surface area contributed by atoms with E-state index in [1.54, 1.807) is 0 Å². The van der Waals surface area contributed by atoms with E-state index < -0.39 is 5.97 Å². The number of benzene rings is 1. The molecule has 2 fully saturated rings. The van der Waals surface area contributed by atoms with Gasteiger partial charge in [-0.3, -0.25) is 4.79 Å². The third-order valence-corrected chi connectivity index (χ3v) is 8.00. The summed E-state index contributed by atoms with van der Waals surface area (Å²) in [5, 5.41) is 0. The van der Waals surface area contributed by atoms with Crippen LogP contribution in [0.4, 0.5) is 5.69 Å². The predicted octanol–water partition coefficient (Wildman–Crippen LogP) is 4.86. The molecule has 2 aliphatic heterocycles. The molecular formula is C23H27NO3S. The van der Waals surface area contributed by atoms with Crippen molar-refractivity contribution in [3.05, 3.63) is 53.4 Å². The standard InChI is InChI=1S/C23H27NO3S/c1-16-20(22(26)27-2)21(25)19(24(16)18-11-4-3-5-12-18)15-23(13-8-14-28-23)17-9-6-7-10-17/h3-5,11-12,15,17H,6-10,13-14H2,1-2H3/b19-15+. The molecule has 1 atom stereocenters. The topological polar surface area (TPSA) is 46.6 Å². The fourth-order valence-corrected chi connectivity index (χ4v) is 6.57. The number of ether oxygens (including phenoxy) is 1. The molecular weight excluding hydrogens is 370 g/mol. The van der Waals surface area contributed by atoms with Crippen LogP contribution in [0.1, 0.15) is 45.4 Å². The van der Waals surface area contributed by atoms with E-state index in [2.05, 4.69) is 6.08 Å². The summed E-state index contributed by atoms with van der Waals surface area (Å²) >= 11 is 2.00. The van der Waals surface area contributed by atoms with Crippen molar-refractivity contribution in [2.24, 2.45) is 5.92 Å². The number of thioether (sulfide) groups is 1. The molecule has 1 aliphatic carbocycles. The molecule has 3 aliphatic rings. The number of nitrogens with zero attached hydrogens (tertiary/aromatic N) is 1. The molecule has 0 amide bonds. The van der Waals surface area contributed by atoms with Gasteiger partial charge in [-0.05, 0) is 62.5 Å². The first-order valence-electron chi connectivity index (χ1n) is 10.1. The van der Waals surface area contributed by atoms with Gasteiger partial charge in [0.2, 0.25) is 5.78 Å². The largest absolute Gasteiger partial charge is 0.465 e. The predicted molar refractivity (Wildman–Crippen MR) is 113 cm³/mol. The Balaban J connectivity index is 1.82. The zero-order chi connectivity index (χ0) is 19.7. The maximum absolute atomic E-state index is 13.4. The van der Waals surface area contributed by atoms with E-state index in [0.717, 1.165) is 17.9 Å². The summed E-state index contributed by atoms with van der Waals surface area (Å²) in [6.07, 6.45) is 9.50. The fourth-order valence-electron chi connectivity index (χ4n) is 4.95. The molecule has 0 aromatic heterocycles. The molecule has 1 saturated carbocycles. The second kappa shape index (κ2) is 7.78. The number of anilines is 1. The summed E-state index contributed by atoms with van der Waals surface area (Å²) in [4.78, 5) is 27.7. The van der Waals surface area contributed by atoms with Crippen molar-refractivity contribution in [2.45, 2.75) is 50.2 Å². The average molecular weight is 398 g/mol. The molecule has 1 unspecified atom stereocenters. The van der Waals surface area contributed by atoms with Gasteiger partial charge < -0.3 is 9.64 Å². The van der Waals surface area contributed by atoms with Gasteiger partial charge in [-0.25, -0.2) is 4.79 Å². The first-order chi connectivity index (χ1) is 13.6. The van der Waals surface area contributed by atoms with Crippen LogP contribution in [0.25, 0.3) is 0 Å². The normalized spacial score (nSPS) is 27.3. The Kier molecular flexibility index (Phi) is 5.37. The first-order valence-corrected chi connectivity index (χ1v) is 11.1. The Morgan fingerprint density at radius 2 is 1.93 bits per heavy atom. The quantitative estimate of drug-likeness (QED) is 0.412. The first kappa shape index (κ1) is 19.3. The van der Waals surface area contributed by atoms with Gasteiger partial charge in [0.25, 0.3) is 0 Å². The molecule has 0 N–H and O–H groups in total. The van der Waals surface area contributed by atoms with E-state index in [1.165, 1.54) is 39.2 Å². The molecule has 0 radical (unpaired) electrons. The van der Waals surface area contributed by atoms with Crippen molar-refractivity contribution in [2.75, 3.05) is 17.8 Å². The van der Waals surface area contributed by atoms with Gasteiger partial charge >= 0.3 is 5.97 Å². The summed E-state index contributed by atoms with van der Waals surface area (Å²) in [5.41, 5.74) is 2.33. The average Bonchev–Trinajstić information content (AvgIpc) is 3.44. The van der Waals surface area contributed by atoms with Gasteiger partial charge in [0.1, 0.15) is 5.57 Å². The van der Waals surface area contributed by atoms with Crippen LogP contribution >= 0.6 is 11.8 Å². The minimum absolute atomic E-state index is 0.000370. The molecule has 4 nitrogen and oxygen atoms in total. The van der Waals surface area contributed by atoms with Crippen LogP contribution in [0.15, 0.2) is 53.4 Å². The summed E-state index contributed by atoms with van der Waals surface area (Å²) < 4.78 is 4.93. The Morgan fingerprint density at radius 3 is 2.54 bits per heavy atom. The van der Waals surface area contributed by atoms with Gasteiger partial charge in [0.05, 0.1) is 12.8 Å². The van der Waals surface area contributed by atoms with Crippen LogP contribution in [0.3, 0.4) is 0 Å². The van der Waals surface area contributed by atoms with E-state index in [-0.39, 0.29) is 16.1 Å². The number of methoxy groups -OCH3 is 1. The second-order valence-electron chi connectivity index (χ2n) is 7.87. The maximum atomic E-state index is 13.4. The van der Waals surface area contributed by atoms with Crippen LogP contribution in [0.5, 0.6) is 0 Å².